The highest BCUT2D eigenvalue weighted by Crippen LogP contribution is 2.37. The maximum atomic E-state index is 12.8. The molecule has 1 aromatic carbocycles. The quantitative estimate of drug-likeness (QED) is 0.814. The molecule has 0 saturated heterocycles. The zero-order valence-electron chi connectivity index (χ0n) is 9.54. The van der Waals surface area contributed by atoms with Crippen LogP contribution in [0.4, 0.5) is 13.2 Å². The van der Waals surface area contributed by atoms with Gasteiger partial charge in [0.1, 0.15) is 11.5 Å². The highest BCUT2D eigenvalue weighted by atomic mass is 19.4. The summed E-state index contributed by atoms with van der Waals surface area (Å²) in [7, 11) is 1.44. The van der Waals surface area contributed by atoms with Crippen LogP contribution in [-0.2, 0) is 4.79 Å². The van der Waals surface area contributed by atoms with E-state index in [1.165, 1.54) is 31.4 Å². The molecule has 1 rings (SSSR count). The normalized spacial score (nSPS) is 13.2. The third-order valence-electron chi connectivity index (χ3n) is 2.40. The summed E-state index contributed by atoms with van der Waals surface area (Å²) in [4.78, 5) is 10.9. The molecule has 0 spiro atoms. The van der Waals surface area contributed by atoms with Gasteiger partial charge in [-0.3, -0.25) is 0 Å². The van der Waals surface area contributed by atoms with Crippen molar-refractivity contribution in [1.82, 2.24) is 0 Å². The molecule has 0 amide bonds. The number of ether oxygens (including phenoxy) is 1. The molecule has 17 heavy (non-hydrogen) atoms. The molecule has 0 saturated carbocycles. The van der Waals surface area contributed by atoms with Crippen molar-refractivity contribution in [3.05, 3.63) is 29.8 Å². The van der Waals surface area contributed by atoms with Crippen LogP contribution in [0, 0.1) is 0 Å². The molecule has 0 fully saturated rings. The van der Waals surface area contributed by atoms with Gasteiger partial charge in [-0.05, 0) is 24.6 Å². The second-order valence-corrected chi connectivity index (χ2v) is 3.77. The maximum absolute atomic E-state index is 12.8. The molecule has 94 valence electrons. The number of benzene rings is 1. The van der Waals surface area contributed by atoms with Crippen molar-refractivity contribution in [1.29, 1.82) is 0 Å². The Morgan fingerprint density at radius 3 is 2.18 bits per heavy atom. The van der Waals surface area contributed by atoms with E-state index in [0.717, 1.165) is 6.92 Å². The van der Waals surface area contributed by atoms with E-state index in [2.05, 4.69) is 0 Å². The van der Waals surface area contributed by atoms with Crippen LogP contribution >= 0.6 is 0 Å². The van der Waals surface area contributed by atoms with E-state index in [-0.39, 0.29) is 5.56 Å². The number of carbonyl (C=O) groups is 1. The van der Waals surface area contributed by atoms with E-state index in [1.807, 2.05) is 0 Å². The predicted molar refractivity (Wildman–Crippen MR) is 57.1 cm³/mol. The third-order valence-corrected chi connectivity index (χ3v) is 2.40. The van der Waals surface area contributed by atoms with Crippen molar-refractivity contribution in [3.63, 3.8) is 0 Å². The fraction of sp³-hybridized carbons (Fsp3) is 0.417. The van der Waals surface area contributed by atoms with Gasteiger partial charge in [-0.15, -0.1) is 0 Å². The van der Waals surface area contributed by atoms with Gasteiger partial charge in [0.2, 0.25) is 0 Å². The number of hydrogen-bond acceptors (Lipinski definition) is 2. The minimum atomic E-state index is -4.42. The SMILES string of the molecule is COc1ccc(C(CC(C)=O)C(F)(F)F)cc1. The first-order valence-corrected chi connectivity index (χ1v) is 5.04. The molecule has 1 unspecified atom stereocenters. The number of alkyl halides is 3. The Bertz CT molecular complexity index is 382. The lowest BCUT2D eigenvalue weighted by molar-refractivity contribution is -0.156. The van der Waals surface area contributed by atoms with Crippen LogP contribution in [0.5, 0.6) is 5.75 Å². The van der Waals surface area contributed by atoms with Gasteiger partial charge >= 0.3 is 6.18 Å². The highest BCUT2D eigenvalue weighted by Gasteiger charge is 2.41. The summed E-state index contributed by atoms with van der Waals surface area (Å²) in [5.74, 6) is -1.74. The molecule has 0 aliphatic carbocycles. The fourth-order valence-corrected chi connectivity index (χ4v) is 1.55. The van der Waals surface area contributed by atoms with E-state index in [1.54, 1.807) is 0 Å². The van der Waals surface area contributed by atoms with Gasteiger partial charge in [0.05, 0.1) is 13.0 Å². The summed E-state index contributed by atoms with van der Waals surface area (Å²) in [5, 5.41) is 0. The molecule has 0 aliphatic heterocycles. The van der Waals surface area contributed by atoms with Gasteiger partial charge in [-0.2, -0.15) is 13.2 Å². The lowest BCUT2D eigenvalue weighted by Crippen LogP contribution is -2.22. The fourth-order valence-electron chi connectivity index (χ4n) is 1.55. The van der Waals surface area contributed by atoms with Gasteiger partial charge < -0.3 is 9.53 Å². The summed E-state index contributed by atoms with van der Waals surface area (Å²) < 4.78 is 43.2. The number of rotatable bonds is 4. The number of hydrogen-bond donors (Lipinski definition) is 0. The number of methoxy groups -OCH3 is 1. The highest BCUT2D eigenvalue weighted by molar-refractivity contribution is 5.76. The second-order valence-electron chi connectivity index (χ2n) is 3.77. The van der Waals surface area contributed by atoms with Crippen LogP contribution in [0.1, 0.15) is 24.8 Å². The molecule has 2 nitrogen and oxygen atoms in total. The van der Waals surface area contributed by atoms with E-state index in [0.29, 0.717) is 5.75 Å². The topological polar surface area (TPSA) is 26.3 Å². The monoisotopic (exact) mass is 246 g/mol. The molecule has 0 bridgehead atoms. The standard InChI is InChI=1S/C12H13F3O2/c1-8(16)7-11(12(13,14)15)9-3-5-10(17-2)6-4-9/h3-6,11H,7H2,1-2H3. The van der Waals surface area contributed by atoms with Crippen LogP contribution in [0.25, 0.3) is 0 Å². The van der Waals surface area contributed by atoms with Gasteiger partial charge in [-0.1, -0.05) is 12.1 Å². The van der Waals surface area contributed by atoms with Crippen molar-refractivity contribution in [3.8, 4) is 5.75 Å². The van der Waals surface area contributed by atoms with Crippen molar-refractivity contribution >= 4 is 5.78 Å². The van der Waals surface area contributed by atoms with Crippen LogP contribution in [0.2, 0.25) is 0 Å². The maximum Gasteiger partial charge on any atom is 0.396 e. The lowest BCUT2D eigenvalue weighted by atomic mass is 9.93. The van der Waals surface area contributed by atoms with Crippen LogP contribution in [-0.4, -0.2) is 19.1 Å². The summed E-state index contributed by atoms with van der Waals surface area (Å²) in [6.07, 6.45) is -4.95. The Balaban J connectivity index is 3.00. The van der Waals surface area contributed by atoms with Gasteiger partial charge in [0.25, 0.3) is 0 Å². The molecule has 1 aromatic rings. The minimum Gasteiger partial charge on any atom is -0.497 e. The minimum absolute atomic E-state index is 0.0773. The summed E-state index contributed by atoms with van der Waals surface area (Å²) >= 11 is 0. The Kier molecular flexibility index (Phi) is 4.15. The van der Waals surface area contributed by atoms with Crippen molar-refractivity contribution in [2.45, 2.75) is 25.4 Å². The number of ketones is 1. The van der Waals surface area contributed by atoms with E-state index in [9.17, 15) is 18.0 Å². The van der Waals surface area contributed by atoms with Gasteiger partial charge in [0.15, 0.2) is 0 Å². The molecule has 1 atom stereocenters. The first-order valence-electron chi connectivity index (χ1n) is 5.04. The Labute approximate surface area is 97.4 Å². The summed E-state index contributed by atoms with van der Waals surface area (Å²) in [6, 6.07) is 5.57. The number of carbonyl (C=O) groups excluding carboxylic acids is 1. The average molecular weight is 246 g/mol. The predicted octanol–water partition coefficient (Wildman–Crippen LogP) is 3.32. The van der Waals surface area contributed by atoms with E-state index < -0.39 is 24.3 Å². The first kappa shape index (κ1) is 13.5. The largest absolute Gasteiger partial charge is 0.497 e. The van der Waals surface area contributed by atoms with Crippen molar-refractivity contribution in [2.24, 2.45) is 0 Å². The number of Topliss-reactive ketones (excluding diaryl/α,β-unsaturated/α-hetero) is 1. The zero-order valence-corrected chi connectivity index (χ0v) is 9.54. The Morgan fingerprint density at radius 1 is 1.29 bits per heavy atom. The Hall–Kier alpha value is -1.52. The number of halogens is 3. The zero-order chi connectivity index (χ0) is 13.1. The second kappa shape index (κ2) is 5.21. The van der Waals surface area contributed by atoms with Gasteiger partial charge in [0, 0.05) is 6.42 Å². The average Bonchev–Trinajstić information content (AvgIpc) is 2.24. The molecule has 0 radical (unpaired) electrons. The summed E-state index contributed by atoms with van der Waals surface area (Å²) in [6.45, 7) is 1.16. The molecular formula is C12H13F3O2. The smallest absolute Gasteiger partial charge is 0.396 e. The Morgan fingerprint density at radius 2 is 1.82 bits per heavy atom. The third kappa shape index (κ3) is 3.76. The van der Waals surface area contributed by atoms with E-state index >= 15 is 0 Å². The van der Waals surface area contributed by atoms with Crippen molar-refractivity contribution in [2.75, 3.05) is 7.11 Å². The van der Waals surface area contributed by atoms with Crippen molar-refractivity contribution < 1.29 is 22.7 Å². The molecule has 0 aliphatic rings. The van der Waals surface area contributed by atoms with Crippen LogP contribution < -0.4 is 4.74 Å². The van der Waals surface area contributed by atoms with Gasteiger partial charge in [-0.25, -0.2) is 0 Å². The lowest BCUT2D eigenvalue weighted by Gasteiger charge is -2.19. The van der Waals surface area contributed by atoms with Crippen LogP contribution in [0.15, 0.2) is 24.3 Å². The van der Waals surface area contributed by atoms with Crippen LogP contribution in [0.3, 0.4) is 0 Å². The molecule has 0 N–H and O–H groups in total. The van der Waals surface area contributed by atoms with E-state index in [4.69, 9.17) is 4.74 Å². The molecule has 0 aromatic heterocycles. The summed E-state index contributed by atoms with van der Waals surface area (Å²) in [5.41, 5.74) is 0.0773. The first-order chi connectivity index (χ1) is 7.84. The molecular weight excluding hydrogens is 233 g/mol. The molecule has 5 heteroatoms. The molecule has 0 heterocycles.